The van der Waals surface area contributed by atoms with Crippen LogP contribution in [0.4, 0.5) is 0 Å². The van der Waals surface area contributed by atoms with Crippen LogP contribution in [-0.4, -0.2) is 24.1 Å². The van der Waals surface area contributed by atoms with Gasteiger partial charge in [-0.1, -0.05) is 140 Å². The molecule has 3 aromatic heterocycles. The summed E-state index contributed by atoms with van der Waals surface area (Å²) in [6.45, 7) is 0. The highest BCUT2D eigenvalue weighted by Crippen LogP contribution is 2.46. The first-order valence-electron chi connectivity index (χ1n) is 27.8. The topological polar surface area (TPSA) is 215 Å². The van der Waals surface area contributed by atoms with Crippen molar-refractivity contribution in [1.82, 2.24) is 24.1 Å². The Bertz CT molecular complexity index is 5480. The van der Waals surface area contributed by atoms with Gasteiger partial charge in [0.2, 0.25) is 0 Å². The molecular formula is C76H38N12. The van der Waals surface area contributed by atoms with Crippen molar-refractivity contribution < 1.29 is 0 Å². The number of fused-ring (bicyclic) bond motifs is 6. The molecule has 14 aromatic rings. The molecule has 0 amide bonds. The van der Waals surface area contributed by atoms with E-state index in [-0.39, 0.29) is 33.4 Å². The molecule has 0 unspecified atom stereocenters. The second-order valence-corrected chi connectivity index (χ2v) is 20.9. The third-order valence-electron chi connectivity index (χ3n) is 16.0. The Balaban J connectivity index is 1.09. The fourth-order valence-electron chi connectivity index (χ4n) is 12.1. The average molecular weight is 1120 g/mol. The van der Waals surface area contributed by atoms with Crippen LogP contribution in [0.5, 0.6) is 0 Å². The summed E-state index contributed by atoms with van der Waals surface area (Å²) in [6, 6.07) is 89.2. The van der Waals surface area contributed by atoms with E-state index < -0.39 is 0 Å². The van der Waals surface area contributed by atoms with Gasteiger partial charge in [0, 0.05) is 60.5 Å². The molecule has 0 saturated carbocycles. The van der Waals surface area contributed by atoms with Gasteiger partial charge in [-0.05, 0) is 113 Å². The first-order chi connectivity index (χ1) is 43.3. The van der Waals surface area contributed by atoms with Crippen molar-refractivity contribution in [3.05, 3.63) is 269 Å². The standard InChI is InChI=1S/C76H38N12/c77-39-46-31-55(42-80)72(56(32-46)43-81)51-24-28-68-63(35-51)60-19-9-11-21-66(60)87(68)69-30-26-53(76-85-74(48-13-3-1-4-14-48)84-75(86-76)49-15-5-2-6-16-49)37-65(69)62-27-23-50(59-18-8-7-17-54(59)41-79)38-71(62)88-67-22-12-10-20-61(67)64-36-52(25-29-70(64)88)73-57(44-82)33-47(40-78)34-58(73)45-83/h1-38H. The van der Waals surface area contributed by atoms with E-state index in [0.717, 1.165) is 88.4 Å². The first kappa shape index (κ1) is 52.5. The van der Waals surface area contributed by atoms with Crippen LogP contribution < -0.4 is 0 Å². The molecule has 0 fully saturated rings. The molecule has 88 heavy (non-hydrogen) atoms. The monoisotopic (exact) mass is 1120 g/mol. The maximum absolute atomic E-state index is 10.6. The van der Waals surface area contributed by atoms with Gasteiger partial charge in [0.15, 0.2) is 17.5 Å². The smallest absolute Gasteiger partial charge is 0.164 e. The van der Waals surface area contributed by atoms with E-state index in [1.54, 1.807) is 6.07 Å². The number of benzene rings is 11. The SMILES string of the molecule is N#Cc1cc(C#N)c(-c2ccc3c(c2)c2ccccc2n3-c2ccc(-c3nc(-c4ccccc4)nc(-c4ccccc4)n3)cc2-c2ccc(-c3ccccc3C#N)cc2-n2c3ccccc3c3cc(-c4c(C#N)cc(C#N)cc4C#N)ccc32)c(C#N)c1. The third kappa shape index (κ3) is 8.77. The Morgan fingerprint density at radius 3 is 1.15 bits per heavy atom. The van der Waals surface area contributed by atoms with Crippen molar-refractivity contribution in [1.29, 1.82) is 36.8 Å². The van der Waals surface area contributed by atoms with Crippen molar-refractivity contribution in [2.45, 2.75) is 0 Å². The minimum absolute atomic E-state index is 0.205. The lowest BCUT2D eigenvalue weighted by molar-refractivity contribution is 1.07. The van der Waals surface area contributed by atoms with E-state index in [2.05, 4.69) is 94.1 Å². The molecule has 0 spiro atoms. The van der Waals surface area contributed by atoms with E-state index in [1.807, 2.05) is 158 Å². The van der Waals surface area contributed by atoms with Crippen LogP contribution in [0.3, 0.4) is 0 Å². The van der Waals surface area contributed by atoms with Crippen LogP contribution in [0.1, 0.15) is 38.9 Å². The van der Waals surface area contributed by atoms with Crippen LogP contribution in [0.15, 0.2) is 231 Å². The number of aromatic nitrogens is 5. The van der Waals surface area contributed by atoms with Gasteiger partial charge >= 0.3 is 0 Å². The Morgan fingerprint density at radius 2 is 0.659 bits per heavy atom. The van der Waals surface area contributed by atoms with Crippen LogP contribution >= 0.6 is 0 Å². The van der Waals surface area contributed by atoms with E-state index in [0.29, 0.717) is 50.9 Å². The van der Waals surface area contributed by atoms with Crippen molar-refractivity contribution in [3.8, 4) is 133 Å². The predicted molar refractivity (Wildman–Crippen MR) is 340 cm³/mol. The molecule has 12 nitrogen and oxygen atoms in total. The summed E-state index contributed by atoms with van der Waals surface area (Å²) in [4.78, 5) is 15.5. The zero-order valence-electron chi connectivity index (χ0n) is 46.3. The number of hydrogen-bond acceptors (Lipinski definition) is 10. The summed E-state index contributed by atoms with van der Waals surface area (Å²) in [5, 5.41) is 75.6. The number of nitriles is 7. The summed E-state index contributed by atoms with van der Waals surface area (Å²) in [5.74, 6) is 1.41. The quantitative estimate of drug-likeness (QED) is 0.133. The molecule has 3 heterocycles. The lowest BCUT2D eigenvalue weighted by atomic mass is 9.92. The molecule has 0 N–H and O–H groups in total. The van der Waals surface area contributed by atoms with E-state index >= 15 is 0 Å². The Morgan fingerprint density at radius 1 is 0.250 bits per heavy atom. The maximum atomic E-state index is 10.6. The van der Waals surface area contributed by atoms with E-state index in [1.165, 1.54) is 24.3 Å². The van der Waals surface area contributed by atoms with Gasteiger partial charge in [-0.25, -0.2) is 15.0 Å². The second-order valence-electron chi connectivity index (χ2n) is 20.9. The normalized spacial score (nSPS) is 10.9. The molecule has 14 rings (SSSR count). The third-order valence-corrected chi connectivity index (χ3v) is 16.0. The zero-order chi connectivity index (χ0) is 60.0. The molecule has 11 aromatic carbocycles. The van der Waals surface area contributed by atoms with Crippen LogP contribution in [0.25, 0.3) is 134 Å². The van der Waals surface area contributed by atoms with Crippen molar-refractivity contribution in [2.24, 2.45) is 0 Å². The summed E-state index contributed by atoms with van der Waals surface area (Å²) in [7, 11) is 0. The average Bonchev–Trinajstić information content (AvgIpc) is 2.08. The number of para-hydroxylation sites is 2. The van der Waals surface area contributed by atoms with Gasteiger partial charge in [0.1, 0.15) is 0 Å². The first-order valence-corrected chi connectivity index (χ1v) is 27.8. The molecular weight excluding hydrogens is 1080 g/mol. The van der Waals surface area contributed by atoms with E-state index in [9.17, 15) is 36.8 Å². The molecule has 0 bridgehead atoms. The fourth-order valence-corrected chi connectivity index (χ4v) is 12.1. The number of hydrogen-bond donors (Lipinski definition) is 0. The summed E-state index contributed by atoms with van der Waals surface area (Å²) in [5.41, 5.74) is 14.1. The van der Waals surface area contributed by atoms with Crippen LogP contribution in [-0.2, 0) is 0 Å². The minimum Gasteiger partial charge on any atom is -0.309 e. The molecule has 0 aliphatic heterocycles. The van der Waals surface area contributed by atoms with Crippen LogP contribution in [0, 0.1) is 79.3 Å². The molecule has 0 atom stereocenters. The zero-order valence-corrected chi connectivity index (χ0v) is 46.3. The van der Waals surface area contributed by atoms with Crippen LogP contribution in [0.2, 0.25) is 0 Å². The van der Waals surface area contributed by atoms with Crippen molar-refractivity contribution in [2.75, 3.05) is 0 Å². The molecule has 402 valence electrons. The minimum atomic E-state index is 0.205. The van der Waals surface area contributed by atoms with Crippen molar-refractivity contribution >= 4 is 43.6 Å². The van der Waals surface area contributed by atoms with Gasteiger partial charge in [0.05, 0.1) is 115 Å². The molecule has 0 radical (unpaired) electrons. The molecule has 0 aliphatic carbocycles. The van der Waals surface area contributed by atoms with Gasteiger partial charge in [0.25, 0.3) is 0 Å². The lowest BCUT2D eigenvalue weighted by Crippen LogP contribution is -2.04. The van der Waals surface area contributed by atoms with Gasteiger partial charge in [-0.2, -0.15) is 36.8 Å². The summed E-state index contributed by atoms with van der Waals surface area (Å²) < 4.78 is 4.44. The summed E-state index contributed by atoms with van der Waals surface area (Å²) >= 11 is 0. The molecule has 12 heteroatoms. The number of rotatable bonds is 9. The highest BCUT2D eigenvalue weighted by molar-refractivity contribution is 6.13. The van der Waals surface area contributed by atoms with Gasteiger partial charge in [-0.15, -0.1) is 0 Å². The summed E-state index contributed by atoms with van der Waals surface area (Å²) in [6.07, 6.45) is 0. The maximum Gasteiger partial charge on any atom is 0.164 e. The Hall–Kier alpha value is -13.5. The van der Waals surface area contributed by atoms with Crippen molar-refractivity contribution in [3.63, 3.8) is 0 Å². The largest absolute Gasteiger partial charge is 0.309 e. The van der Waals surface area contributed by atoms with E-state index in [4.69, 9.17) is 15.0 Å². The Kier molecular flexibility index (Phi) is 12.9. The van der Waals surface area contributed by atoms with Gasteiger partial charge in [-0.3, -0.25) is 0 Å². The van der Waals surface area contributed by atoms with Gasteiger partial charge < -0.3 is 9.13 Å². The molecule has 0 aliphatic rings. The highest BCUT2D eigenvalue weighted by Gasteiger charge is 2.26. The molecule has 0 saturated heterocycles. The fraction of sp³-hybridized carbons (Fsp3) is 0. The highest BCUT2D eigenvalue weighted by atomic mass is 15.0. The lowest BCUT2D eigenvalue weighted by Gasteiger charge is -2.21. The second kappa shape index (κ2) is 21.7. The predicted octanol–water partition coefficient (Wildman–Crippen LogP) is 16.8. The number of nitrogens with zero attached hydrogens (tertiary/aromatic N) is 12. The Labute approximate surface area is 503 Å².